The summed E-state index contributed by atoms with van der Waals surface area (Å²) in [5.74, 6) is 3.70. The predicted molar refractivity (Wildman–Crippen MR) is 132 cm³/mol. The molecule has 4 rings (SSSR count). The summed E-state index contributed by atoms with van der Waals surface area (Å²) in [4.78, 5) is 12.8. The van der Waals surface area contributed by atoms with Crippen LogP contribution in [0.1, 0.15) is 113 Å². The largest absolute Gasteiger partial charge is 0.299 e. The summed E-state index contributed by atoms with van der Waals surface area (Å²) in [6.45, 7) is 19.3. The Morgan fingerprint density at radius 3 is 2.39 bits per heavy atom. The van der Waals surface area contributed by atoms with E-state index in [4.69, 9.17) is 0 Å². The maximum absolute atomic E-state index is 12.8. The Labute approximate surface area is 192 Å². The minimum Gasteiger partial charge on any atom is -0.299 e. The minimum atomic E-state index is -0.253. The number of carbonyl (C=O) groups is 1. The van der Waals surface area contributed by atoms with Crippen molar-refractivity contribution >= 4 is 5.78 Å². The van der Waals surface area contributed by atoms with Crippen molar-refractivity contribution in [3.8, 4) is 0 Å². The van der Waals surface area contributed by atoms with Gasteiger partial charge in [0.1, 0.15) is 5.78 Å². The number of hydrogen-bond acceptors (Lipinski definition) is 1. The molecule has 0 aromatic carbocycles. The lowest BCUT2D eigenvalue weighted by Gasteiger charge is -2.64. The Morgan fingerprint density at radius 1 is 1.03 bits per heavy atom. The molecule has 174 valence electrons. The van der Waals surface area contributed by atoms with Gasteiger partial charge >= 0.3 is 0 Å². The summed E-state index contributed by atoms with van der Waals surface area (Å²) in [5.41, 5.74) is 3.86. The van der Waals surface area contributed by atoms with Crippen LogP contribution in [0, 0.1) is 45.3 Å². The zero-order chi connectivity index (χ0) is 22.8. The van der Waals surface area contributed by atoms with Crippen molar-refractivity contribution in [2.75, 3.05) is 0 Å². The highest BCUT2D eigenvalue weighted by atomic mass is 16.1. The Kier molecular flexibility index (Phi) is 5.71. The van der Waals surface area contributed by atoms with E-state index >= 15 is 0 Å². The smallest absolute Gasteiger partial charge is 0.142 e. The number of Topliss-reactive ketones (excluding diaryl/α,β-unsaturated/α-hetero) is 1. The molecule has 7 unspecified atom stereocenters. The van der Waals surface area contributed by atoms with Gasteiger partial charge in [-0.05, 0) is 119 Å². The molecule has 31 heavy (non-hydrogen) atoms. The molecule has 0 saturated heterocycles. The van der Waals surface area contributed by atoms with Gasteiger partial charge < -0.3 is 0 Å². The fourth-order valence-electron chi connectivity index (χ4n) is 9.40. The molecule has 0 spiro atoms. The van der Waals surface area contributed by atoms with Crippen molar-refractivity contribution < 1.29 is 4.79 Å². The third kappa shape index (κ3) is 3.26. The molecule has 4 aliphatic rings. The molecule has 0 amide bonds. The van der Waals surface area contributed by atoms with Crippen LogP contribution in [-0.4, -0.2) is 5.78 Å². The van der Waals surface area contributed by atoms with Gasteiger partial charge in [-0.15, -0.1) is 0 Å². The zero-order valence-electron chi connectivity index (χ0n) is 21.7. The first-order valence-electron chi connectivity index (χ1n) is 13.3. The van der Waals surface area contributed by atoms with Gasteiger partial charge in [-0.25, -0.2) is 0 Å². The Balaban J connectivity index is 1.62. The molecule has 0 aromatic rings. The Bertz CT molecular complexity index is 795. The van der Waals surface area contributed by atoms with Crippen molar-refractivity contribution in [2.24, 2.45) is 45.3 Å². The monoisotopic (exact) mass is 424 g/mol. The van der Waals surface area contributed by atoms with Gasteiger partial charge in [-0.1, -0.05) is 51.0 Å². The first-order valence-corrected chi connectivity index (χ1v) is 13.3. The summed E-state index contributed by atoms with van der Waals surface area (Å²) >= 11 is 0. The second-order valence-corrected chi connectivity index (χ2v) is 13.4. The third-order valence-corrected chi connectivity index (χ3v) is 11.5. The van der Waals surface area contributed by atoms with Gasteiger partial charge in [0.05, 0.1) is 0 Å². The van der Waals surface area contributed by atoms with Gasteiger partial charge in [0.2, 0.25) is 0 Å². The summed E-state index contributed by atoms with van der Waals surface area (Å²) in [7, 11) is 0. The molecule has 7 atom stereocenters. The molecule has 0 radical (unpaired) electrons. The molecule has 0 bridgehead atoms. The van der Waals surface area contributed by atoms with Crippen LogP contribution in [0.2, 0.25) is 0 Å². The predicted octanol–water partition coefficient (Wildman–Crippen LogP) is 8.54. The van der Waals surface area contributed by atoms with Crippen LogP contribution in [0.4, 0.5) is 0 Å². The van der Waals surface area contributed by atoms with Crippen LogP contribution in [0.15, 0.2) is 23.3 Å². The SMILES string of the molecule is CC(C)=CCCC(C)C1CCC2(C)C3CC=C4C(C)(C)C(=O)CCC4(C)C3CCC12C. The van der Waals surface area contributed by atoms with E-state index in [2.05, 4.69) is 67.5 Å². The fourth-order valence-corrected chi connectivity index (χ4v) is 9.40. The van der Waals surface area contributed by atoms with Gasteiger partial charge in [-0.2, -0.15) is 0 Å². The molecule has 3 fully saturated rings. The lowest BCUT2D eigenvalue weighted by Crippen LogP contribution is -2.57. The molecule has 1 heteroatoms. The van der Waals surface area contributed by atoms with Crippen LogP contribution in [0.25, 0.3) is 0 Å². The average molecular weight is 425 g/mol. The molecule has 0 aliphatic heterocycles. The highest BCUT2D eigenvalue weighted by molar-refractivity contribution is 5.89. The normalized spacial score (nSPS) is 44.6. The molecule has 0 heterocycles. The van der Waals surface area contributed by atoms with E-state index in [-0.39, 0.29) is 10.8 Å². The van der Waals surface area contributed by atoms with Crippen LogP contribution in [0.3, 0.4) is 0 Å². The highest BCUT2D eigenvalue weighted by Crippen LogP contribution is 2.73. The molecular formula is C30H48O. The van der Waals surface area contributed by atoms with Crippen LogP contribution in [-0.2, 0) is 4.79 Å². The van der Waals surface area contributed by atoms with E-state index in [0.29, 0.717) is 16.6 Å². The summed E-state index contributed by atoms with van der Waals surface area (Å²) in [6.07, 6.45) is 16.2. The first kappa shape index (κ1) is 23.3. The van der Waals surface area contributed by atoms with Gasteiger partial charge in [0, 0.05) is 11.8 Å². The Hall–Kier alpha value is -0.850. The second-order valence-electron chi connectivity index (χ2n) is 13.4. The standard InChI is InChI=1S/C30H48O/c1-20(2)10-9-11-21(3)22-14-18-30(8)24-12-13-25-27(4,5)26(31)16-17-28(25,6)23(24)15-19-29(22,30)7/h10,13,21-24H,9,11-12,14-19H2,1-8H3. The number of ketones is 1. The zero-order valence-corrected chi connectivity index (χ0v) is 21.7. The van der Waals surface area contributed by atoms with Crippen LogP contribution < -0.4 is 0 Å². The fraction of sp³-hybridized carbons (Fsp3) is 0.833. The second kappa shape index (κ2) is 7.59. The average Bonchev–Trinajstić information content (AvgIpc) is 2.96. The molecule has 0 aromatic heterocycles. The van der Waals surface area contributed by atoms with Crippen LogP contribution in [0.5, 0.6) is 0 Å². The molecule has 1 nitrogen and oxygen atoms in total. The maximum atomic E-state index is 12.8. The minimum absolute atomic E-state index is 0.234. The van der Waals surface area contributed by atoms with Gasteiger partial charge in [-0.3, -0.25) is 4.79 Å². The quantitative estimate of drug-likeness (QED) is 0.413. The number of allylic oxidation sites excluding steroid dienone is 4. The number of carbonyl (C=O) groups excluding carboxylic acids is 1. The maximum Gasteiger partial charge on any atom is 0.142 e. The van der Waals surface area contributed by atoms with E-state index < -0.39 is 0 Å². The van der Waals surface area contributed by atoms with E-state index in [1.807, 2.05) is 0 Å². The van der Waals surface area contributed by atoms with Gasteiger partial charge in [0.15, 0.2) is 0 Å². The highest BCUT2D eigenvalue weighted by Gasteiger charge is 2.65. The van der Waals surface area contributed by atoms with Crippen molar-refractivity contribution in [3.63, 3.8) is 0 Å². The van der Waals surface area contributed by atoms with E-state index in [0.717, 1.165) is 36.5 Å². The first-order chi connectivity index (χ1) is 14.4. The lowest BCUT2D eigenvalue weighted by atomic mass is 9.40. The number of fused-ring (bicyclic) bond motifs is 5. The molecule has 4 aliphatic carbocycles. The molecule has 3 saturated carbocycles. The summed E-state index contributed by atoms with van der Waals surface area (Å²) < 4.78 is 0. The number of rotatable bonds is 4. The van der Waals surface area contributed by atoms with E-state index in [1.165, 1.54) is 56.1 Å². The van der Waals surface area contributed by atoms with Crippen molar-refractivity contribution in [1.29, 1.82) is 0 Å². The van der Waals surface area contributed by atoms with Crippen molar-refractivity contribution in [3.05, 3.63) is 23.3 Å². The Morgan fingerprint density at radius 2 is 1.71 bits per heavy atom. The van der Waals surface area contributed by atoms with E-state index in [1.54, 1.807) is 0 Å². The van der Waals surface area contributed by atoms with Gasteiger partial charge in [0.25, 0.3) is 0 Å². The molecular weight excluding hydrogens is 376 g/mol. The summed E-state index contributed by atoms with van der Waals surface area (Å²) in [5, 5.41) is 0. The number of hydrogen-bond donors (Lipinski definition) is 0. The molecule has 0 N–H and O–H groups in total. The van der Waals surface area contributed by atoms with Crippen LogP contribution >= 0.6 is 0 Å². The summed E-state index contributed by atoms with van der Waals surface area (Å²) in [6, 6.07) is 0. The van der Waals surface area contributed by atoms with E-state index in [9.17, 15) is 4.79 Å². The third-order valence-electron chi connectivity index (χ3n) is 11.5. The van der Waals surface area contributed by atoms with Crippen molar-refractivity contribution in [2.45, 2.75) is 113 Å². The topological polar surface area (TPSA) is 17.1 Å². The van der Waals surface area contributed by atoms with Crippen molar-refractivity contribution in [1.82, 2.24) is 0 Å². The lowest BCUT2D eigenvalue weighted by molar-refractivity contribution is -0.137.